The Morgan fingerprint density at radius 1 is 1.67 bits per heavy atom. The Morgan fingerprint density at radius 2 is 2.44 bits per heavy atom. The molecule has 0 unspecified atom stereocenters. The highest BCUT2D eigenvalue weighted by Crippen LogP contribution is 1.75. The van der Waals surface area contributed by atoms with E-state index in [1.165, 1.54) is 0 Å². The maximum atomic E-state index is 11.4. The number of hydrogen-bond donors (Lipinski definition) is 1. The van der Waals surface area contributed by atoms with Gasteiger partial charge < -0.3 is 0 Å². The number of hydrogen-bond acceptors (Lipinski definition) is 2. The zero-order chi connectivity index (χ0) is 6.95. The normalized spacial score (nSPS) is 8.89. The molecule has 0 aliphatic carbocycles. The van der Waals surface area contributed by atoms with E-state index in [9.17, 15) is 4.39 Å². The number of alkyl halides is 1. The first kappa shape index (κ1) is 8.41. The highest BCUT2D eigenvalue weighted by atomic mass is 19.1. The van der Waals surface area contributed by atoms with Crippen molar-refractivity contribution < 1.29 is 9.23 Å². The third kappa shape index (κ3) is 7.41. The highest BCUT2D eigenvalue weighted by Gasteiger charge is 1.83. The van der Waals surface area contributed by atoms with Gasteiger partial charge in [0.25, 0.3) is 0 Å². The van der Waals surface area contributed by atoms with Crippen molar-refractivity contribution >= 4 is 0 Å². The van der Waals surface area contributed by atoms with Gasteiger partial charge in [-0.15, -0.1) is 6.42 Å². The lowest BCUT2D eigenvalue weighted by molar-refractivity contribution is 0.0645. The summed E-state index contributed by atoms with van der Waals surface area (Å²) in [6, 6.07) is 0. The van der Waals surface area contributed by atoms with Gasteiger partial charge in [0.05, 0.1) is 6.67 Å². The van der Waals surface area contributed by atoms with Crippen molar-refractivity contribution in [3.05, 3.63) is 0 Å². The van der Waals surface area contributed by atoms with Crippen LogP contribution in [-0.4, -0.2) is 19.8 Å². The fourth-order valence-electron chi connectivity index (χ4n) is 0.304. The second-order valence-electron chi connectivity index (χ2n) is 1.43. The lowest BCUT2D eigenvalue weighted by atomic mass is 10.5. The molecule has 3 heteroatoms. The van der Waals surface area contributed by atoms with Gasteiger partial charge in [-0.2, -0.15) is 0 Å². The number of terminal acetylenes is 1. The van der Waals surface area contributed by atoms with Crippen molar-refractivity contribution in [1.29, 1.82) is 0 Å². The van der Waals surface area contributed by atoms with Crippen molar-refractivity contribution in [1.82, 2.24) is 5.48 Å². The van der Waals surface area contributed by atoms with Crippen molar-refractivity contribution in [2.45, 2.75) is 6.42 Å². The Balaban J connectivity index is 2.69. The van der Waals surface area contributed by atoms with E-state index in [-0.39, 0.29) is 13.3 Å². The average Bonchev–Trinajstić information content (AvgIpc) is 1.89. The molecule has 0 aliphatic heterocycles. The molecule has 0 aromatic heterocycles. The predicted octanol–water partition coefficient (Wildman–Crippen LogP) is 0.500. The van der Waals surface area contributed by atoms with Gasteiger partial charge in [-0.1, -0.05) is 5.92 Å². The van der Waals surface area contributed by atoms with Gasteiger partial charge >= 0.3 is 0 Å². The van der Waals surface area contributed by atoms with Crippen LogP contribution >= 0.6 is 0 Å². The molecule has 0 aromatic carbocycles. The van der Waals surface area contributed by atoms with E-state index in [2.05, 4.69) is 16.2 Å². The first-order valence-corrected chi connectivity index (χ1v) is 2.76. The quantitative estimate of drug-likeness (QED) is 0.333. The fourth-order valence-corrected chi connectivity index (χ4v) is 0.304. The molecule has 0 bridgehead atoms. The van der Waals surface area contributed by atoms with Crippen LogP contribution in [0.5, 0.6) is 0 Å². The molecular weight excluding hydrogens is 121 g/mol. The number of halogens is 1. The topological polar surface area (TPSA) is 21.3 Å². The van der Waals surface area contributed by atoms with Gasteiger partial charge in [0, 0.05) is 6.54 Å². The highest BCUT2D eigenvalue weighted by molar-refractivity contribution is 4.82. The molecule has 0 saturated carbocycles. The minimum absolute atomic E-state index is 0.228. The summed E-state index contributed by atoms with van der Waals surface area (Å²) in [4.78, 5) is 4.63. The van der Waals surface area contributed by atoms with Crippen LogP contribution in [0.4, 0.5) is 4.39 Å². The summed E-state index contributed by atoms with van der Waals surface area (Å²) in [5.41, 5.74) is 2.50. The van der Waals surface area contributed by atoms with E-state index in [4.69, 9.17) is 6.42 Å². The Hall–Kier alpha value is -0.590. The Bertz CT molecular complexity index is 89.5. The van der Waals surface area contributed by atoms with Crippen molar-refractivity contribution in [3.8, 4) is 12.3 Å². The monoisotopic (exact) mass is 131 g/mol. The summed E-state index contributed by atoms with van der Waals surface area (Å²) in [5, 5.41) is 0. The van der Waals surface area contributed by atoms with Gasteiger partial charge in [-0.05, 0) is 6.42 Å². The Labute approximate surface area is 54.3 Å². The van der Waals surface area contributed by atoms with Crippen LogP contribution in [-0.2, 0) is 4.84 Å². The molecule has 9 heavy (non-hydrogen) atoms. The molecule has 0 fully saturated rings. The van der Waals surface area contributed by atoms with E-state index in [1.54, 1.807) is 0 Å². The lowest BCUT2D eigenvalue weighted by Gasteiger charge is -1.98. The van der Waals surface area contributed by atoms with Gasteiger partial charge in [0.1, 0.15) is 6.61 Å². The molecule has 0 aliphatic rings. The van der Waals surface area contributed by atoms with Crippen LogP contribution in [0, 0.1) is 12.3 Å². The maximum Gasteiger partial charge on any atom is 0.128 e. The third-order valence-corrected chi connectivity index (χ3v) is 0.670. The molecule has 0 saturated heterocycles. The number of hydroxylamine groups is 1. The minimum atomic E-state index is -0.327. The second kappa shape index (κ2) is 7.41. The fraction of sp³-hybridized carbons (Fsp3) is 0.667. The van der Waals surface area contributed by atoms with Crippen molar-refractivity contribution in [2.24, 2.45) is 0 Å². The van der Waals surface area contributed by atoms with Gasteiger partial charge in [0.15, 0.2) is 0 Å². The molecule has 0 atom stereocenters. The summed E-state index contributed by atoms with van der Waals surface area (Å²) >= 11 is 0. The molecule has 2 nitrogen and oxygen atoms in total. The van der Waals surface area contributed by atoms with Gasteiger partial charge in [-0.3, -0.25) is 9.23 Å². The smallest absolute Gasteiger partial charge is 0.128 e. The molecular formula is C6H10FNO. The minimum Gasteiger partial charge on any atom is -0.289 e. The van der Waals surface area contributed by atoms with Crippen LogP contribution in [0.1, 0.15) is 6.42 Å². The Morgan fingerprint density at radius 3 is 3.00 bits per heavy atom. The molecule has 0 radical (unpaired) electrons. The zero-order valence-electron chi connectivity index (χ0n) is 5.19. The molecule has 0 rings (SSSR count). The van der Waals surface area contributed by atoms with Crippen LogP contribution in [0.15, 0.2) is 0 Å². The van der Waals surface area contributed by atoms with Crippen molar-refractivity contribution in [2.75, 3.05) is 19.8 Å². The standard InChI is InChI=1S/C6H10FNO/c1-2-6-9-8-5-3-4-7/h1,8H,3-6H2. The lowest BCUT2D eigenvalue weighted by Crippen LogP contribution is -2.16. The maximum absolute atomic E-state index is 11.4. The third-order valence-electron chi connectivity index (χ3n) is 0.670. The number of nitrogens with one attached hydrogen (secondary N) is 1. The summed E-state index contributed by atoms with van der Waals surface area (Å²) in [6.07, 6.45) is 5.32. The van der Waals surface area contributed by atoms with Gasteiger partial charge in [-0.25, -0.2) is 5.48 Å². The summed E-state index contributed by atoms with van der Waals surface area (Å²) in [6.45, 7) is 0.414. The SMILES string of the molecule is C#CCONCCCF. The molecule has 0 aromatic rings. The molecule has 52 valence electrons. The van der Waals surface area contributed by atoms with Crippen LogP contribution in [0.3, 0.4) is 0 Å². The van der Waals surface area contributed by atoms with Crippen LogP contribution in [0.2, 0.25) is 0 Å². The van der Waals surface area contributed by atoms with Crippen molar-refractivity contribution in [3.63, 3.8) is 0 Å². The van der Waals surface area contributed by atoms with E-state index in [1.807, 2.05) is 0 Å². The van der Waals surface area contributed by atoms with E-state index >= 15 is 0 Å². The Kier molecular flexibility index (Phi) is 6.92. The average molecular weight is 131 g/mol. The molecule has 0 spiro atoms. The molecule has 0 heterocycles. The first-order chi connectivity index (χ1) is 4.41. The molecule has 0 amide bonds. The first-order valence-electron chi connectivity index (χ1n) is 2.76. The van der Waals surface area contributed by atoms with E-state index in [0.29, 0.717) is 13.0 Å². The number of rotatable bonds is 5. The van der Waals surface area contributed by atoms with E-state index < -0.39 is 0 Å². The summed E-state index contributed by atoms with van der Waals surface area (Å²) < 4.78 is 11.4. The van der Waals surface area contributed by atoms with E-state index in [0.717, 1.165) is 0 Å². The largest absolute Gasteiger partial charge is 0.289 e. The van der Waals surface area contributed by atoms with Crippen LogP contribution < -0.4 is 5.48 Å². The van der Waals surface area contributed by atoms with Crippen LogP contribution in [0.25, 0.3) is 0 Å². The summed E-state index contributed by atoms with van der Waals surface area (Å²) in [7, 11) is 0. The molecule has 1 N–H and O–H groups in total. The second-order valence-corrected chi connectivity index (χ2v) is 1.43. The summed E-state index contributed by atoms with van der Waals surface area (Å²) in [5.74, 6) is 2.27. The van der Waals surface area contributed by atoms with Gasteiger partial charge in [0.2, 0.25) is 0 Å². The zero-order valence-corrected chi connectivity index (χ0v) is 5.19. The predicted molar refractivity (Wildman–Crippen MR) is 33.4 cm³/mol.